The Labute approximate surface area is 107 Å². The van der Waals surface area contributed by atoms with E-state index in [9.17, 15) is 5.11 Å². The largest absolute Gasteiger partial charge is 0.393 e. The minimum absolute atomic E-state index is 0.0395. The number of nitrogens with one attached hydrogen (secondary N) is 1. The van der Waals surface area contributed by atoms with Gasteiger partial charge in [0.1, 0.15) is 0 Å². The van der Waals surface area contributed by atoms with Crippen LogP contribution in [-0.4, -0.2) is 22.7 Å². The predicted molar refractivity (Wildman–Crippen MR) is 71.0 cm³/mol. The van der Waals surface area contributed by atoms with Gasteiger partial charge in [0.2, 0.25) is 0 Å². The summed E-state index contributed by atoms with van der Waals surface area (Å²) in [5.41, 5.74) is 3.00. The van der Waals surface area contributed by atoms with Crippen molar-refractivity contribution < 1.29 is 5.11 Å². The fourth-order valence-electron chi connectivity index (χ4n) is 2.56. The van der Waals surface area contributed by atoms with E-state index in [1.54, 1.807) is 11.3 Å². The Bertz CT molecular complexity index is 302. The minimum Gasteiger partial charge on any atom is -0.393 e. The number of aliphatic hydroxyl groups is 1. The van der Waals surface area contributed by atoms with Crippen LogP contribution in [0.3, 0.4) is 0 Å². The lowest BCUT2D eigenvalue weighted by Crippen LogP contribution is -2.25. The highest BCUT2D eigenvalue weighted by Crippen LogP contribution is 2.27. The first-order chi connectivity index (χ1) is 8.36. The van der Waals surface area contributed by atoms with E-state index in [-0.39, 0.29) is 6.10 Å². The van der Waals surface area contributed by atoms with Gasteiger partial charge in [-0.1, -0.05) is 12.8 Å². The van der Waals surface area contributed by atoms with Gasteiger partial charge >= 0.3 is 0 Å². The Morgan fingerprint density at radius 2 is 2.29 bits per heavy atom. The molecule has 1 saturated carbocycles. The van der Waals surface area contributed by atoms with E-state index in [2.05, 4.69) is 15.7 Å². The topological polar surface area (TPSA) is 45.1 Å². The van der Waals surface area contributed by atoms with Gasteiger partial charge in [-0.05, 0) is 38.1 Å². The molecule has 1 aromatic heterocycles. The third-order valence-corrected chi connectivity index (χ3v) is 4.22. The van der Waals surface area contributed by atoms with Crippen LogP contribution in [0.1, 0.15) is 44.2 Å². The Hall–Kier alpha value is -0.450. The average Bonchev–Trinajstić information content (AvgIpc) is 2.84. The van der Waals surface area contributed by atoms with E-state index in [0.717, 1.165) is 38.0 Å². The first kappa shape index (κ1) is 13.0. The summed E-state index contributed by atoms with van der Waals surface area (Å²) in [6.07, 6.45) is 7.01. The smallest absolute Gasteiger partial charge is 0.0795 e. The molecule has 3 nitrogen and oxygen atoms in total. The maximum absolute atomic E-state index is 9.85. The average molecular weight is 254 g/mol. The zero-order chi connectivity index (χ0) is 11.9. The second-order valence-corrected chi connectivity index (χ2v) is 5.63. The molecule has 0 spiro atoms. The van der Waals surface area contributed by atoms with Crippen LogP contribution in [0, 0.1) is 5.92 Å². The zero-order valence-corrected chi connectivity index (χ0v) is 11.1. The number of hydrogen-bond donors (Lipinski definition) is 2. The third kappa shape index (κ3) is 4.37. The van der Waals surface area contributed by atoms with Gasteiger partial charge in [-0.25, -0.2) is 4.98 Å². The third-order valence-electron chi connectivity index (χ3n) is 3.59. The van der Waals surface area contributed by atoms with Crippen LogP contribution < -0.4 is 5.32 Å². The summed E-state index contributed by atoms with van der Waals surface area (Å²) >= 11 is 1.64. The number of nitrogens with zero attached hydrogens (tertiary/aromatic N) is 1. The fraction of sp³-hybridized carbons (Fsp3) is 0.769. The van der Waals surface area contributed by atoms with Crippen molar-refractivity contribution in [3.05, 3.63) is 16.6 Å². The van der Waals surface area contributed by atoms with Crippen LogP contribution >= 0.6 is 11.3 Å². The Morgan fingerprint density at radius 1 is 1.41 bits per heavy atom. The van der Waals surface area contributed by atoms with Crippen LogP contribution in [-0.2, 0) is 6.54 Å². The molecule has 0 radical (unpaired) electrons. The monoisotopic (exact) mass is 254 g/mol. The van der Waals surface area contributed by atoms with Crippen molar-refractivity contribution in [2.75, 3.05) is 6.54 Å². The molecule has 96 valence electrons. The molecule has 4 heteroatoms. The van der Waals surface area contributed by atoms with Gasteiger partial charge in [0.15, 0.2) is 0 Å². The highest BCUT2D eigenvalue weighted by atomic mass is 32.1. The van der Waals surface area contributed by atoms with Gasteiger partial charge in [0.05, 0.1) is 17.3 Å². The molecule has 1 aliphatic carbocycles. The van der Waals surface area contributed by atoms with Gasteiger partial charge < -0.3 is 10.4 Å². The molecule has 0 bridgehead atoms. The maximum atomic E-state index is 9.85. The molecule has 1 heterocycles. The molecule has 1 fully saturated rings. The SMILES string of the molecule is OC1CCCCC1CCCNCc1cscn1. The van der Waals surface area contributed by atoms with Gasteiger partial charge in [-0.15, -0.1) is 11.3 Å². The van der Waals surface area contributed by atoms with Crippen molar-refractivity contribution >= 4 is 11.3 Å². The number of aliphatic hydroxyl groups excluding tert-OH is 1. The molecule has 0 saturated heterocycles. The van der Waals surface area contributed by atoms with Gasteiger partial charge in [0.25, 0.3) is 0 Å². The number of rotatable bonds is 6. The Kier molecular flexibility index (Phi) is 5.42. The summed E-state index contributed by atoms with van der Waals surface area (Å²) in [5.74, 6) is 0.546. The maximum Gasteiger partial charge on any atom is 0.0795 e. The lowest BCUT2D eigenvalue weighted by atomic mass is 9.83. The molecule has 1 aliphatic rings. The number of aromatic nitrogens is 1. The highest BCUT2D eigenvalue weighted by molar-refractivity contribution is 7.07. The van der Waals surface area contributed by atoms with Crippen LogP contribution in [0.2, 0.25) is 0 Å². The summed E-state index contributed by atoms with van der Waals surface area (Å²) in [5, 5.41) is 15.3. The molecule has 2 rings (SSSR count). The number of thiazole rings is 1. The molecule has 0 aromatic carbocycles. The Balaban J connectivity index is 1.53. The fourth-order valence-corrected chi connectivity index (χ4v) is 3.11. The van der Waals surface area contributed by atoms with E-state index < -0.39 is 0 Å². The minimum atomic E-state index is -0.0395. The molecule has 2 atom stereocenters. The van der Waals surface area contributed by atoms with Crippen LogP contribution in [0.5, 0.6) is 0 Å². The summed E-state index contributed by atoms with van der Waals surface area (Å²) in [4.78, 5) is 4.23. The molecule has 0 aliphatic heterocycles. The Morgan fingerprint density at radius 3 is 3.06 bits per heavy atom. The molecule has 1 aromatic rings. The molecule has 2 N–H and O–H groups in total. The van der Waals surface area contributed by atoms with Crippen molar-refractivity contribution in [3.8, 4) is 0 Å². The van der Waals surface area contributed by atoms with E-state index in [1.165, 1.54) is 19.3 Å². The van der Waals surface area contributed by atoms with Crippen molar-refractivity contribution in [2.24, 2.45) is 5.92 Å². The quantitative estimate of drug-likeness (QED) is 0.767. The molecule has 2 unspecified atom stereocenters. The first-order valence-corrected chi connectivity index (χ1v) is 7.56. The van der Waals surface area contributed by atoms with Crippen molar-refractivity contribution in [1.82, 2.24) is 10.3 Å². The van der Waals surface area contributed by atoms with Crippen molar-refractivity contribution in [3.63, 3.8) is 0 Å². The molecule has 17 heavy (non-hydrogen) atoms. The lowest BCUT2D eigenvalue weighted by Gasteiger charge is -2.27. The summed E-state index contributed by atoms with van der Waals surface area (Å²) in [6, 6.07) is 0. The van der Waals surface area contributed by atoms with Gasteiger partial charge in [0, 0.05) is 11.9 Å². The highest BCUT2D eigenvalue weighted by Gasteiger charge is 2.21. The van der Waals surface area contributed by atoms with E-state index >= 15 is 0 Å². The van der Waals surface area contributed by atoms with E-state index in [1.807, 2.05) is 5.51 Å². The molecule has 0 amide bonds. The van der Waals surface area contributed by atoms with Crippen LogP contribution in [0.25, 0.3) is 0 Å². The lowest BCUT2D eigenvalue weighted by molar-refractivity contribution is 0.0643. The van der Waals surface area contributed by atoms with E-state index in [4.69, 9.17) is 0 Å². The van der Waals surface area contributed by atoms with Crippen LogP contribution in [0.4, 0.5) is 0 Å². The zero-order valence-electron chi connectivity index (χ0n) is 10.3. The van der Waals surface area contributed by atoms with E-state index in [0.29, 0.717) is 5.92 Å². The summed E-state index contributed by atoms with van der Waals surface area (Å²) < 4.78 is 0. The molecular weight excluding hydrogens is 232 g/mol. The van der Waals surface area contributed by atoms with Crippen molar-refractivity contribution in [2.45, 2.75) is 51.2 Å². The second kappa shape index (κ2) is 7.09. The van der Waals surface area contributed by atoms with Crippen molar-refractivity contribution in [1.29, 1.82) is 0 Å². The predicted octanol–water partition coefficient (Wildman–Crippen LogP) is 2.56. The first-order valence-electron chi connectivity index (χ1n) is 6.62. The number of hydrogen-bond acceptors (Lipinski definition) is 4. The summed E-state index contributed by atoms with van der Waals surface area (Å²) in [6.45, 7) is 1.90. The second-order valence-electron chi connectivity index (χ2n) is 4.91. The van der Waals surface area contributed by atoms with Gasteiger partial charge in [-0.3, -0.25) is 0 Å². The van der Waals surface area contributed by atoms with Gasteiger partial charge in [-0.2, -0.15) is 0 Å². The summed E-state index contributed by atoms with van der Waals surface area (Å²) in [7, 11) is 0. The standard InChI is InChI=1S/C13H22N2OS/c16-13-6-2-1-4-11(13)5-3-7-14-8-12-9-17-10-15-12/h9-11,13-14,16H,1-8H2. The normalized spacial score (nSPS) is 25.0. The molecular formula is C13H22N2OS. The van der Waals surface area contributed by atoms with Crippen LogP contribution in [0.15, 0.2) is 10.9 Å².